The summed E-state index contributed by atoms with van der Waals surface area (Å²) in [5.41, 5.74) is 1.82. The molecule has 44 heavy (non-hydrogen) atoms. The van der Waals surface area contributed by atoms with E-state index in [0.29, 0.717) is 12.1 Å². The highest BCUT2D eigenvalue weighted by molar-refractivity contribution is 8.76. The van der Waals surface area contributed by atoms with Crippen molar-refractivity contribution in [3.63, 3.8) is 0 Å². The van der Waals surface area contributed by atoms with Gasteiger partial charge in [0.2, 0.25) is 10.0 Å². The Bertz CT molecular complexity index is 1080. The van der Waals surface area contributed by atoms with Gasteiger partial charge in [-0.15, -0.1) is 0 Å². The van der Waals surface area contributed by atoms with Crippen LogP contribution >= 0.6 is 21.6 Å². The Morgan fingerprint density at radius 2 is 0.886 bits per heavy atom. The number of para-hydroxylation sites is 2. The van der Waals surface area contributed by atoms with Crippen LogP contribution in [0.1, 0.15) is 149 Å². The summed E-state index contributed by atoms with van der Waals surface area (Å²) in [4.78, 5) is 2.10. The van der Waals surface area contributed by atoms with Crippen molar-refractivity contribution in [2.24, 2.45) is 0 Å². The first-order valence-corrected chi connectivity index (χ1v) is 21.6. The predicted molar refractivity (Wildman–Crippen MR) is 199 cm³/mol. The van der Waals surface area contributed by atoms with E-state index in [0.717, 1.165) is 30.0 Å². The first kappa shape index (κ1) is 38.9. The van der Waals surface area contributed by atoms with Crippen LogP contribution in [-0.4, -0.2) is 20.7 Å². The molecule has 0 aliphatic carbocycles. The van der Waals surface area contributed by atoms with E-state index in [4.69, 9.17) is 0 Å². The van der Waals surface area contributed by atoms with Gasteiger partial charge in [-0.1, -0.05) is 182 Å². The lowest BCUT2D eigenvalue weighted by atomic mass is 10.1. The maximum absolute atomic E-state index is 12.9. The number of unbranched alkanes of at least 4 members (excludes halogenated alkanes) is 19. The Morgan fingerprint density at radius 3 is 1.39 bits per heavy atom. The van der Waals surface area contributed by atoms with Gasteiger partial charge < -0.3 is 5.32 Å². The zero-order valence-electron chi connectivity index (χ0n) is 27.9. The largest absolute Gasteiger partial charge is 0.384 e. The fourth-order valence-electron chi connectivity index (χ4n) is 5.41. The van der Waals surface area contributed by atoms with E-state index in [-0.39, 0.29) is 5.75 Å². The molecule has 2 aromatic rings. The summed E-state index contributed by atoms with van der Waals surface area (Å²) in [6.45, 7) is 5.51. The lowest BCUT2D eigenvalue weighted by Crippen LogP contribution is -2.17. The summed E-state index contributed by atoms with van der Waals surface area (Å²) in [6.07, 6.45) is 26.8. The lowest BCUT2D eigenvalue weighted by Gasteiger charge is -2.14. The molecule has 0 spiro atoms. The van der Waals surface area contributed by atoms with Gasteiger partial charge in [-0.3, -0.25) is 4.72 Å². The number of hydrogen-bond acceptors (Lipinski definition) is 5. The standard InChI is InChI=1S/C37H62N2O2S3/c1-3-5-7-9-11-13-15-16-18-20-26-32-38-34-28-22-24-30-36(34)42-43-37-31-25-23-29-35(37)39-44(40,41)33-27-21-19-17-14-12-10-8-6-4-2/h22-25,28-31,38-39H,3-21,26-27,32-33H2,1-2H3. The van der Waals surface area contributed by atoms with Crippen LogP contribution in [0.2, 0.25) is 0 Å². The van der Waals surface area contributed by atoms with E-state index in [1.807, 2.05) is 24.3 Å². The van der Waals surface area contributed by atoms with Gasteiger partial charge in [-0.2, -0.15) is 0 Å². The fraction of sp³-hybridized carbons (Fsp3) is 0.676. The molecule has 0 heterocycles. The average molecular weight is 663 g/mol. The first-order valence-electron chi connectivity index (χ1n) is 17.8. The summed E-state index contributed by atoms with van der Waals surface area (Å²) in [5, 5.41) is 3.64. The Labute approximate surface area is 279 Å². The second-order valence-electron chi connectivity index (χ2n) is 12.2. The number of sulfonamides is 1. The molecule has 0 fully saturated rings. The number of benzene rings is 2. The summed E-state index contributed by atoms with van der Waals surface area (Å²) in [6, 6.07) is 16.2. The smallest absolute Gasteiger partial charge is 0.232 e. The Kier molecular flexibility index (Phi) is 22.8. The molecule has 2 N–H and O–H groups in total. The van der Waals surface area contributed by atoms with Crippen molar-refractivity contribution in [2.75, 3.05) is 22.3 Å². The number of anilines is 2. The molecule has 2 rings (SSSR count). The van der Waals surface area contributed by atoms with Gasteiger partial charge in [-0.25, -0.2) is 8.42 Å². The SMILES string of the molecule is CCCCCCCCCCCCCNc1ccccc1SSc1ccccc1NS(=O)(=O)CCCCCCCCCCCC. The molecule has 0 amide bonds. The van der Waals surface area contributed by atoms with Crippen LogP contribution < -0.4 is 10.0 Å². The topological polar surface area (TPSA) is 58.2 Å². The molecule has 0 aliphatic heterocycles. The quantitative estimate of drug-likeness (QED) is 0.0670. The zero-order valence-corrected chi connectivity index (χ0v) is 30.4. The molecule has 4 nitrogen and oxygen atoms in total. The zero-order chi connectivity index (χ0) is 31.6. The Morgan fingerprint density at radius 1 is 0.500 bits per heavy atom. The molecule has 0 saturated carbocycles. The molecule has 250 valence electrons. The van der Waals surface area contributed by atoms with Crippen molar-refractivity contribution in [2.45, 2.75) is 158 Å². The second-order valence-corrected chi connectivity index (χ2v) is 16.3. The fourth-order valence-corrected chi connectivity index (χ4v) is 8.97. The van der Waals surface area contributed by atoms with Crippen LogP contribution in [0.15, 0.2) is 58.3 Å². The Hall–Kier alpha value is -1.31. The van der Waals surface area contributed by atoms with Crippen molar-refractivity contribution in [3.05, 3.63) is 48.5 Å². The van der Waals surface area contributed by atoms with Crippen LogP contribution in [0.4, 0.5) is 11.4 Å². The molecule has 0 bridgehead atoms. The third-order valence-corrected chi connectivity index (χ3v) is 12.0. The van der Waals surface area contributed by atoms with Crippen molar-refractivity contribution < 1.29 is 8.42 Å². The highest BCUT2D eigenvalue weighted by Gasteiger charge is 2.14. The molecular formula is C37H62N2O2S3. The molecule has 0 saturated heterocycles. The minimum absolute atomic E-state index is 0.182. The van der Waals surface area contributed by atoms with Crippen LogP contribution in [0.25, 0.3) is 0 Å². The number of rotatable bonds is 29. The molecule has 0 radical (unpaired) electrons. The first-order chi connectivity index (χ1) is 21.6. The average Bonchev–Trinajstić information content (AvgIpc) is 3.02. The van der Waals surface area contributed by atoms with Gasteiger partial charge in [0.25, 0.3) is 0 Å². The van der Waals surface area contributed by atoms with Gasteiger partial charge in [0, 0.05) is 22.0 Å². The van der Waals surface area contributed by atoms with Crippen LogP contribution in [0, 0.1) is 0 Å². The van der Waals surface area contributed by atoms with E-state index in [1.165, 1.54) is 120 Å². The molecule has 0 aliphatic rings. The summed E-state index contributed by atoms with van der Waals surface area (Å²) < 4.78 is 28.6. The summed E-state index contributed by atoms with van der Waals surface area (Å²) >= 11 is 0. The van der Waals surface area contributed by atoms with Crippen molar-refractivity contribution >= 4 is 43.0 Å². The van der Waals surface area contributed by atoms with Crippen LogP contribution in [0.3, 0.4) is 0 Å². The van der Waals surface area contributed by atoms with Crippen LogP contribution in [-0.2, 0) is 10.0 Å². The molecule has 0 aromatic heterocycles. The van der Waals surface area contributed by atoms with E-state index in [2.05, 4.69) is 48.2 Å². The van der Waals surface area contributed by atoms with Crippen molar-refractivity contribution in [1.29, 1.82) is 0 Å². The van der Waals surface area contributed by atoms with E-state index in [9.17, 15) is 8.42 Å². The molecule has 0 atom stereocenters. The van der Waals surface area contributed by atoms with Crippen molar-refractivity contribution in [1.82, 2.24) is 0 Å². The van der Waals surface area contributed by atoms with E-state index < -0.39 is 10.0 Å². The molecular weight excluding hydrogens is 601 g/mol. The summed E-state index contributed by atoms with van der Waals surface area (Å²) in [7, 11) is -0.0823. The second kappa shape index (κ2) is 25.8. The van der Waals surface area contributed by atoms with E-state index in [1.54, 1.807) is 21.6 Å². The predicted octanol–water partition coefficient (Wildman–Crippen LogP) is 12.9. The monoisotopic (exact) mass is 662 g/mol. The molecule has 0 unspecified atom stereocenters. The Balaban J connectivity index is 1.68. The van der Waals surface area contributed by atoms with Gasteiger partial charge in [0.05, 0.1) is 11.4 Å². The highest BCUT2D eigenvalue weighted by Crippen LogP contribution is 2.43. The number of hydrogen-bond donors (Lipinski definition) is 2. The van der Waals surface area contributed by atoms with Gasteiger partial charge in [0.1, 0.15) is 0 Å². The highest BCUT2D eigenvalue weighted by atomic mass is 33.1. The summed E-state index contributed by atoms with van der Waals surface area (Å²) in [5.74, 6) is 0.182. The lowest BCUT2D eigenvalue weighted by molar-refractivity contribution is 0.552. The van der Waals surface area contributed by atoms with Gasteiger partial charge >= 0.3 is 0 Å². The maximum Gasteiger partial charge on any atom is 0.232 e. The van der Waals surface area contributed by atoms with Crippen LogP contribution in [0.5, 0.6) is 0 Å². The normalized spacial score (nSPS) is 11.6. The molecule has 2 aromatic carbocycles. The molecule has 7 heteroatoms. The van der Waals surface area contributed by atoms with Crippen molar-refractivity contribution in [3.8, 4) is 0 Å². The van der Waals surface area contributed by atoms with E-state index >= 15 is 0 Å². The third-order valence-electron chi connectivity index (χ3n) is 8.12. The third kappa shape index (κ3) is 19.3. The number of nitrogens with one attached hydrogen (secondary N) is 2. The minimum atomic E-state index is -3.37. The minimum Gasteiger partial charge on any atom is -0.384 e. The van der Waals surface area contributed by atoms with Gasteiger partial charge in [-0.05, 0) is 37.1 Å². The maximum atomic E-state index is 12.9. The van der Waals surface area contributed by atoms with Gasteiger partial charge in [0.15, 0.2) is 0 Å².